The Labute approximate surface area is 164 Å². The lowest BCUT2D eigenvalue weighted by molar-refractivity contribution is -0.394. The van der Waals surface area contributed by atoms with Crippen LogP contribution in [0.5, 0.6) is 0 Å². The van der Waals surface area contributed by atoms with Crippen molar-refractivity contribution < 1.29 is 14.3 Å². The van der Waals surface area contributed by atoms with Gasteiger partial charge in [0.25, 0.3) is 11.4 Å². The Morgan fingerprint density at radius 3 is 1.75 bits per heavy atom. The van der Waals surface area contributed by atoms with Gasteiger partial charge in [0.2, 0.25) is 0 Å². The smallest absolute Gasteiger partial charge is 0.282 e. The zero-order chi connectivity index (χ0) is 20.1. The SMILES string of the molecule is O=[N+]([O-])c1ccc(C(O[SiH3])C(c2ccccc2)c2ccccc2)c([N+](=O)[O-])c1. The van der Waals surface area contributed by atoms with Crippen molar-refractivity contribution in [2.75, 3.05) is 0 Å². The average molecular weight is 394 g/mol. The summed E-state index contributed by atoms with van der Waals surface area (Å²) in [5, 5.41) is 22.7. The monoisotopic (exact) mass is 394 g/mol. The summed E-state index contributed by atoms with van der Waals surface area (Å²) in [7, 11) is 0.339. The molecule has 7 nitrogen and oxygen atoms in total. The Hall–Kier alpha value is -3.36. The molecule has 1 atom stereocenters. The lowest BCUT2D eigenvalue weighted by Gasteiger charge is -2.28. The van der Waals surface area contributed by atoms with E-state index < -0.39 is 16.0 Å². The van der Waals surface area contributed by atoms with E-state index in [9.17, 15) is 20.2 Å². The summed E-state index contributed by atoms with van der Waals surface area (Å²) in [6.45, 7) is 0. The van der Waals surface area contributed by atoms with Gasteiger partial charge in [0.05, 0.1) is 27.6 Å². The van der Waals surface area contributed by atoms with Gasteiger partial charge in [-0.2, -0.15) is 0 Å². The maximum Gasteiger partial charge on any atom is 0.282 e. The number of hydrogen-bond donors (Lipinski definition) is 0. The van der Waals surface area contributed by atoms with Crippen molar-refractivity contribution in [1.29, 1.82) is 0 Å². The first kappa shape index (κ1) is 19.4. The maximum absolute atomic E-state index is 11.7. The van der Waals surface area contributed by atoms with Crippen LogP contribution in [0, 0.1) is 20.2 Å². The highest BCUT2D eigenvalue weighted by Crippen LogP contribution is 2.42. The fourth-order valence-electron chi connectivity index (χ4n) is 3.35. The molecule has 1 unspecified atom stereocenters. The molecule has 0 fully saturated rings. The first-order valence-corrected chi connectivity index (χ1v) is 9.40. The summed E-state index contributed by atoms with van der Waals surface area (Å²) >= 11 is 0. The highest BCUT2D eigenvalue weighted by molar-refractivity contribution is 5.98. The molecule has 28 heavy (non-hydrogen) atoms. The van der Waals surface area contributed by atoms with Crippen molar-refractivity contribution in [3.8, 4) is 0 Å². The van der Waals surface area contributed by atoms with Crippen LogP contribution >= 0.6 is 0 Å². The third-order valence-corrected chi connectivity index (χ3v) is 5.11. The Balaban J connectivity index is 2.19. The van der Waals surface area contributed by atoms with E-state index in [1.165, 1.54) is 12.1 Å². The first-order valence-electron chi connectivity index (χ1n) is 8.58. The van der Waals surface area contributed by atoms with Crippen LogP contribution in [0.25, 0.3) is 0 Å². The number of benzene rings is 3. The van der Waals surface area contributed by atoms with E-state index in [1.54, 1.807) is 0 Å². The Kier molecular flexibility index (Phi) is 5.92. The van der Waals surface area contributed by atoms with E-state index in [-0.39, 0.29) is 17.3 Å². The molecule has 0 radical (unpaired) electrons. The van der Waals surface area contributed by atoms with Gasteiger partial charge in [-0.25, -0.2) is 0 Å². The van der Waals surface area contributed by atoms with Crippen molar-refractivity contribution in [2.45, 2.75) is 12.0 Å². The molecular weight excluding hydrogens is 376 g/mol. The Morgan fingerprint density at radius 1 is 0.786 bits per heavy atom. The van der Waals surface area contributed by atoms with E-state index in [0.29, 0.717) is 16.0 Å². The Morgan fingerprint density at radius 2 is 1.32 bits per heavy atom. The van der Waals surface area contributed by atoms with Crippen molar-refractivity contribution in [2.24, 2.45) is 0 Å². The normalized spacial score (nSPS) is 12.0. The zero-order valence-corrected chi connectivity index (χ0v) is 17.1. The van der Waals surface area contributed by atoms with Crippen LogP contribution in [0.4, 0.5) is 11.4 Å². The van der Waals surface area contributed by atoms with Gasteiger partial charge in [-0.3, -0.25) is 20.2 Å². The van der Waals surface area contributed by atoms with Gasteiger partial charge in [-0.1, -0.05) is 60.7 Å². The summed E-state index contributed by atoms with van der Waals surface area (Å²) < 4.78 is 5.86. The lowest BCUT2D eigenvalue weighted by atomic mass is 9.83. The van der Waals surface area contributed by atoms with Gasteiger partial charge < -0.3 is 4.43 Å². The molecule has 0 heterocycles. The number of nitrogens with zero attached hydrogens (tertiary/aromatic N) is 2. The highest BCUT2D eigenvalue weighted by atomic mass is 28.2. The molecule has 3 aromatic carbocycles. The van der Waals surface area contributed by atoms with E-state index in [4.69, 9.17) is 4.43 Å². The van der Waals surface area contributed by atoms with Crippen molar-refractivity contribution in [3.05, 3.63) is 116 Å². The van der Waals surface area contributed by atoms with Crippen LogP contribution in [0.3, 0.4) is 0 Å². The van der Waals surface area contributed by atoms with Crippen LogP contribution in [0.15, 0.2) is 78.9 Å². The molecule has 0 spiro atoms. The minimum absolute atomic E-state index is 0.292. The van der Waals surface area contributed by atoms with Crippen LogP contribution in [0.2, 0.25) is 0 Å². The van der Waals surface area contributed by atoms with E-state index in [1.807, 2.05) is 60.7 Å². The number of non-ortho nitro benzene ring substituents is 1. The highest BCUT2D eigenvalue weighted by Gasteiger charge is 2.32. The van der Waals surface area contributed by atoms with Crippen LogP contribution in [-0.2, 0) is 4.43 Å². The minimum Gasteiger partial charge on any atom is -0.420 e. The topological polar surface area (TPSA) is 95.5 Å². The van der Waals surface area contributed by atoms with E-state index in [2.05, 4.69) is 0 Å². The quantitative estimate of drug-likeness (QED) is 0.346. The molecule has 3 aromatic rings. The molecule has 0 aliphatic carbocycles. The molecule has 0 bridgehead atoms. The maximum atomic E-state index is 11.7. The summed E-state index contributed by atoms with van der Waals surface area (Å²) in [5.41, 5.74) is 1.58. The third-order valence-electron chi connectivity index (χ3n) is 4.60. The van der Waals surface area contributed by atoms with Crippen molar-refractivity contribution in [3.63, 3.8) is 0 Å². The molecule has 0 aromatic heterocycles. The fourth-order valence-corrected chi connectivity index (χ4v) is 3.88. The third kappa shape index (κ3) is 3.97. The number of nitro groups is 2. The van der Waals surface area contributed by atoms with Gasteiger partial charge in [0.15, 0.2) is 0 Å². The zero-order valence-electron chi connectivity index (χ0n) is 15.1. The average Bonchev–Trinajstić information content (AvgIpc) is 2.72. The predicted molar refractivity (Wildman–Crippen MR) is 108 cm³/mol. The van der Waals surface area contributed by atoms with Crippen molar-refractivity contribution in [1.82, 2.24) is 0 Å². The number of nitro benzene ring substituents is 2. The molecule has 0 amide bonds. The first-order chi connectivity index (χ1) is 13.5. The standard InChI is InChI=1S/C20H18N2O5Si/c23-21(24)16-11-12-17(18(13-16)22(25)26)20(27-28)19(14-7-3-1-4-8-14)15-9-5-2-6-10-15/h1-13,19-20H,28H3. The summed E-state index contributed by atoms with van der Waals surface area (Å²) in [6, 6.07) is 22.9. The molecule has 0 N–H and O–H groups in total. The summed E-state index contributed by atoms with van der Waals surface area (Å²) in [4.78, 5) is 21.5. The molecule has 0 aliphatic rings. The van der Waals surface area contributed by atoms with Gasteiger partial charge in [-0.05, 0) is 17.2 Å². The van der Waals surface area contributed by atoms with Gasteiger partial charge in [-0.15, -0.1) is 0 Å². The number of hydrogen-bond acceptors (Lipinski definition) is 5. The summed E-state index contributed by atoms with van der Waals surface area (Å²) in [5.74, 6) is -0.292. The second kappa shape index (κ2) is 8.55. The van der Waals surface area contributed by atoms with Gasteiger partial charge in [0, 0.05) is 12.0 Å². The fraction of sp³-hybridized carbons (Fsp3) is 0.100. The lowest BCUT2D eigenvalue weighted by Crippen LogP contribution is -2.17. The molecule has 0 saturated heterocycles. The minimum atomic E-state index is -0.641. The predicted octanol–water partition coefficient (Wildman–Crippen LogP) is 3.67. The van der Waals surface area contributed by atoms with Crippen LogP contribution in [0.1, 0.15) is 28.7 Å². The number of rotatable bonds is 7. The van der Waals surface area contributed by atoms with Crippen LogP contribution in [-0.4, -0.2) is 20.3 Å². The van der Waals surface area contributed by atoms with Gasteiger partial charge in [0.1, 0.15) is 10.5 Å². The van der Waals surface area contributed by atoms with Gasteiger partial charge >= 0.3 is 0 Å². The molecule has 142 valence electrons. The molecule has 0 saturated carbocycles. The molecule has 3 rings (SSSR count). The largest absolute Gasteiger partial charge is 0.420 e. The Bertz CT molecular complexity index is 943. The second-order valence-electron chi connectivity index (χ2n) is 6.21. The molecular formula is C20H18N2O5Si. The van der Waals surface area contributed by atoms with Crippen LogP contribution < -0.4 is 0 Å². The molecule has 8 heteroatoms. The van der Waals surface area contributed by atoms with E-state index >= 15 is 0 Å². The molecule has 0 aliphatic heterocycles. The summed E-state index contributed by atoms with van der Waals surface area (Å²) in [6.07, 6.45) is -0.641. The second-order valence-corrected chi connectivity index (χ2v) is 6.68. The van der Waals surface area contributed by atoms with E-state index in [0.717, 1.165) is 17.2 Å². The van der Waals surface area contributed by atoms with Crippen molar-refractivity contribution >= 4 is 21.9 Å².